The lowest BCUT2D eigenvalue weighted by atomic mass is 10.0. The molecule has 3 aromatic rings. The zero-order valence-corrected chi connectivity index (χ0v) is 13.6. The average molecular weight is 309 g/mol. The molecule has 0 saturated carbocycles. The fraction of sp³-hybridized carbons (Fsp3) is 0.444. The number of aromatic nitrogens is 4. The molecular formula is C18H23N5. The zero-order valence-electron chi connectivity index (χ0n) is 13.6. The molecule has 23 heavy (non-hydrogen) atoms. The van der Waals surface area contributed by atoms with E-state index in [-0.39, 0.29) is 0 Å². The number of nitrogens with one attached hydrogen (secondary N) is 1. The maximum Gasteiger partial charge on any atom is 0.109 e. The lowest BCUT2D eigenvalue weighted by Gasteiger charge is -2.33. The van der Waals surface area contributed by atoms with Crippen LogP contribution >= 0.6 is 0 Å². The summed E-state index contributed by atoms with van der Waals surface area (Å²) in [6, 6.07) is 9.09. The van der Waals surface area contributed by atoms with E-state index in [2.05, 4.69) is 50.6 Å². The Hall–Kier alpha value is -2.14. The first kappa shape index (κ1) is 14.5. The number of fused-ring (bicyclic) bond motifs is 1. The number of aromatic amines is 1. The minimum Gasteiger partial charge on any atom is -0.347 e. The van der Waals surface area contributed by atoms with Gasteiger partial charge in [-0.1, -0.05) is 19.1 Å². The number of rotatable bonds is 4. The van der Waals surface area contributed by atoms with Crippen LogP contribution in [-0.2, 0) is 13.0 Å². The second-order valence-electron chi connectivity index (χ2n) is 6.32. The van der Waals surface area contributed by atoms with Crippen molar-refractivity contribution in [1.29, 1.82) is 0 Å². The van der Waals surface area contributed by atoms with E-state index in [1.807, 2.05) is 6.20 Å². The molecule has 0 spiro atoms. The summed E-state index contributed by atoms with van der Waals surface area (Å²) in [5.41, 5.74) is 3.62. The van der Waals surface area contributed by atoms with Crippen molar-refractivity contribution in [3.63, 3.8) is 0 Å². The second kappa shape index (κ2) is 6.16. The first-order chi connectivity index (χ1) is 11.3. The summed E-state index contributed by atoms with van der Waals surface area (Å²) >= 11 is 0. The lowest BCUT2D eigenvalue weighted by Crippen LogP contribution is -2.34. The number of aryl methyl sites for hydroxylation is 1. The number of benzene rings is 1. The number of piperidine rings is 1. The van der Waals surface area contributed by atoms with Crippen molar-refractivity contribution in [2.75, 3.05) is 13.1 Å². The largest absolute Gasteiger partial charge is 0.347 e. The first-order valence-corrected chi connectivity index (χ1v) is 8.50. The van der Waals surface area contributed by atoms with Gasteiger partial charge in [0.1, 0.15) is 5.82 Å². The summed E-state index contributed by atoms with van der Waals surface area (Å²) in [6.45, 7) is 5.42. The Morgan fingerprint density at radius 1 is 1.22 bits per heavy atom. The van der Waals surface area contributed by atoms with Gasteiger partial charge < -0.3 is 9.55 Å². The van der Waals surface area contributed by atoms with Gasteiger partial charge in [0.15, 0.2) is 0 Å². The molecule has 0 bridgehead atoms. The Morgan fingerprint density at radius 3 is 2.78 bits per heavy atom. The number of H-pyrrole nitrogens is 1. The van der Waals surface area contributed by atoms with Gasteiger partial charge in [0.25, 0.3) is 0 Å². The molecule has 1 aromatic carbocycles. The quantitative estimate of drug-likeness (QED) is 0.805. The molecule has 0 aliphatic carbocycles. The molecule has 0 radical (unpaired) electrons. The van der Waals surface area contributed by atoms with Gasteiger partial charge in [-0.15, -0.1) is 0 Å². The molecule has 5 heteroatoms. The number of imidazole rings is 2. The summed E-state index contributed by atoms with van der Waals surface area (Å²) in [4.78, 5) is 14.6. The Bertz CT molecular complexity index is 766. The van der Waals surface area contributed by atoms with Crippen LogP contribution in [-0.4, -0.2) is 37.5 Å². The first-order valence-electron chi connectivity index (χ1n) is 8.50. The summed E-state index contributed by atoms with van der Waals surface area (Å²) in [5.74, 6) is 1.22. The van der Waals surface area contributed by atoms with Crippen molar-refractivity contribution in [2.24, 2.45) is 0 Å². The number of hydrogen-bond acceptors (Lipinski definition) is 3. The van der Waals surface area contributed by atoms with Crippen molar-refractivity contribution >= 4 is 11.0 Å². The molecule has 2 aromatic heterocycles. The van der Waals surface area contributed by atoms with Gasteiger partial charge >= 0.3 is 0 Å². The monoisotopic (exact) mass is 309 g/mol. The van der Waals surface area contributed by atoms with Gasteiger partial charge in [0, 0.05) is 44.0 Å². The van der Waals surface area contributed by atoms with Crippen LogP contribution in [0.3, 0.4) is 0 Å². The normalized spacial score (nSPS) is 17.1. The molecule has 120 valence electrons. The molecule has 5 nitrogen and oxygen atoms in total. The molecule has 1 N–H and O–H groups in total. The van der Waals surface area contributed by atoms with E-state index in [1.165, 1.54) is 29.9 Å². The molecule has 1 fully saturated rings. The standard InChI is InChI=1S/C18H23N5/c1-2-18-21-16-5-3-4-6-17(16)23(18)15-7-9-22(10-8-15)12-14-11-19-13-20-14/h3-6,11,13,15H,2,7-10,12H2,1H3,(H,19,20). The van der Waals surface area contributed by atoms with Gasteiger partial charge in [-0.3, -0.25) is 4.90 Å². The van der Waals surface area contributed by atoms with Crippen LogP contribution in [0.2, 0.25) is 0 Å². The summed E-state index contributed by atoms with van der Waals surface area (Å²) < 4.78 is 2.49. The molecule has 1 saturated heterocycles. The Labute approximate surface area is 136 Å². The van der Waals surface area contributed by atoms with Crippen molar-refractivity contribution in [2.45, 2.75) is 38.8 Å². The van der Waals surface area contributed by atoms with Crippen LogP contribution in [0.15, 0.2) is 36.8 Å². The Kier molecular flexibility index (Phi) is 3.87. The van der Waals surface area contributed by atoms with Gasteiger partial charge in [-0.25, -0.2) is 9.97 Å². The highest BCUT2D eigenvalue weighted by molar-refractivity contribution is 5.76. The van der Waals surface area contributed by atoms with E-state index in [0.29, 0.717) is 6.04 Å². The molecular weight excluding hydrogens is 286 g/mol. The number of likely N-dealkylation sites (tertiary alicyclic amines) is 1. The minimum atomic E-state index is 0.565. The molecule has 0 amide bonds. The second-order valence-corrected chi connectivity index (χ2v) is 6.32. The molecule has 1 aliphatic heterocycles. The Balaban J connectivity index is 1.52. The van der Waals surface area contributed by atoms with E-state index in [0.717, 1.165) is 31.6 Å². The predicted molar refractivity (Wildman–Crippen MR) is 91.2 cm³/mol. The minimum absolute atomic E-state index is 0.565. The van der Waals surface area contributed by atoms with Crippen LogP contribution in [0.25, 0.3) is 11.0 Å². The summed E-state index contributed by atoms with van der Waals surface area (Å²) in [6.07, 6.45) is 7.03. The van der Waals surface area contributed by atoms with E-state index in [4.69, 9.17) is 4.98 Å². The van der Waals surface area contributed by atoms with E-state index >= 15 is 0 Å². The maximum absolute atomic E-state index is 4.82. The highest BCUT2D eigenvalue weighted by atomic mass is 15.2. The van der Waals surface area contributed by atoms with E-state index < -0.39 is 0 Å². The van der Waals surface area contributed by atoms with Crippen LogP contribution in [0, 0.1) is 0 Å². The molecule has 1 aliphatic rings. The number of para-hydroxylation sites is 2. The third-order valence-electron chi connectivity index (χ3n) is 4.86. The number of hydrogen-bond donors (Lipinski definition) is 1. The highest BCUT2D eigenvalue weighted by Gasteiger charge is 2.24. The molecule has 0 atom stereocenters. The zero-order chi connectivity index (χ0) is 15.6. The third kappa shape index (κ3) is 2.77. The lowest BCUT2D eigenvalue weighted by molar-refractivity contribution is 0.178. The van der Waals surface area contributed by atoms with Crippen LogP contribution < -0.4 is 0 Å². The topological polar surface area (TPSA) is 49.7 Å². The molecule has 3 heterocycles. The van der Waals surface area contributed by atoms with Crippen molar-refractivity contribution < 1.29 is 0 Å². The summed E-state index contributed by atoms with van der Waals surface area (Å²) in [7, 11) is 0. The fourth-order valence-corrected chi connectivity index (χ4v) is 3.70. The Morgan fingerprint density at radius 2 is 2.04 bits per heavy atom. The third-order valence-corrected chi connectivity index (χ3v) is 4.86. The van der Waals surface area contributed by atoms with Crippen molar-refractivity contribution in [3.05, 3.63) is 48.3 Å². The predicted octanol–water partition coefficient (Wildman–Crippen LogP) is 3.16. The van der Waals surface area contributed by atoms with Crippen molar-refractivity contribution in [3.8, 4) is 0 Å². The van der Waals surface area contributed by atoms with Gasteiger partial charge in [-0.05, 0) is 25.0 Å². The molecule has 0 unspecified atom stereocenters. The van der Waals surface area contributed by atoms with Crippen LogP contribution in [0.4, 0.5) is 0 Å². The smallest absolute Gasteiger partial charge is 0.109 e. The average Bonchev–Trinajstić information content (AvgIpc) is 3.22. The van der Waals surface area contributed by atoms with Gasteiger partial charge in [0.2, 0.25) is 0 Å². The van der Waals surface area contributed by atoms with Crippen molar-refractivity contribution in [1.82, 2.24) is 24.4 Å². The van der Waals surface area contributed by atoms with Gasteiger partial charge in [0.05, 0.1) is 17.4 Å². The SMILES string of the molecule is CCc1nc2ccccc2n1C1CCN(Cc2cnc[nH]2)CC1. The van der Waals surface area contributed by atoms with Crippen LogP contribution in [0.1, 0.15) is 37.3 Å². The fourth-order valence-electron chi connectivity index (χ4n) is 3.70. The number of nitrogens with zero attached hydrogens (tertiary/aromatic N) is 4. The van der Waals surface area contributed by atoms with Crippen LogP contribution in [0.5, 0.6) is 0 Å². The van der Waals surface area contributed by atoms with Gasteiger partial charge in [-0.2, -0.15) is 0 Å². The van der Waals surface area contributed by atoms with E-state index in [9.17, 15) is 0 Å². The maximum atomic E-state index is 4.82. The summed E-state index contributed by atoms with van der Waals surface area (Å²) in [5, 5.41) is 0. The van der Waals surface area contributed by atoms with E-state index in [1.54, 1.807) is 6.33 Å². The molecule has 4 rings (SSSR count). The highest BCUT2D eigenvalue weighted by Crippen LogP contribution is 2.29.